The van der Waals surface area contributed by atoms with Crippen LogP contribution in [0, 0.1) is 0 Å². The third-order valence-electron chi connectivity index (χ3n) is 2.25. The van der Waals surface area contributed by atoms with Gasteiger partial charge in [-0.1, -0.05) is 0 Å². The lowest BCUT2D eigenvalue weighted by molar-refractivity contribution is -0.143. The first kappa shape index (κ1) is 13.1. The van der Waals surface area contributed by atoms with E-state index < -0.39 is 17.4 Å². The Morgan fingerprint density at radius 1 is 1.53 bits per heavy atom. The number of carbonyl (C=O) groups excluding carboxylic acids is 1. The maximum absolute atomic E-state index is 11.8. The summed E-state index contributed by atoms with van der Waals surface area (Å²) in [6, 6.07) is 3.04. The fourth-order valence-electron chi connectivity index (χ4n) is 1.14. The van der Waals surface area contributed by atoms with Crippen LogP contribution < -0.4 is 11.1 Å². The van der Waals surface area contributed by atoms with Crippen LogP contribution in [0.15, 0.2) is 18.3 Å². The molecule has 1 amide bonds. The number of nitrogens with two attached hydrogens (primary N) is 1. The SMILES string of the molecule is CC(C)(NC(=O)c1ccnc(CN)c1)C(=O)O. The van der Waals surface area contributed by atoms with E-state index in [-0.39, 0.29) is 6.54 Å². The molecule has 4 N–H and O–H groups in total. The summed E-state index contributed by atoms with van der Waals surface area (Å²) in [4.78, 5) is 26.6. The molecule has 1 aromatic heterocycles. The second kappa shape index (κ2) is 4.92. The van der Waals surface area contributed by atoms with Crippen LogP contribution in [0.1, 0.15) is 29.9 Å². The molecule has 0 aliphatic rings. The summed E-state index contributed by atoms with van der Waals surface area (Å²) in [5, 5.41) is 11.3. The van der Waals surface area contributed by atoms with E-state index in [1.807, 2.05) is 0 Å². The average molecular weight is 237 g/mol. The van der Waals surface area contributed by atoms with Gasteiger partial charge in [-0.15, -0.1) is 0 Å². The molecule has 1 heterocycles. The summed E-state index contributed by atoms with van der Waals surface area (Å²) in [5.41, 5.74) is 5.01. The van der Waals surface area contributed by atoms with Crippen LogP contribution in [0.4, 0.5) is 0 Å². The first-order valence-corrected chi connectivity index (χ1v) is 5.07. The number of hydrogen-bond donors (Lipinski definition) is 3. The van der Waals surface area contributed by atoms with E-state index >= 15 is 0 Å². The minimum atomic E-state index is -1.32. The summed E-state index contributed by atoms with van der Waals surface area (Å²) < 4.78 is 0. The van der Waals surface area contributed by atoms with Crippen molar-refractivity contribution in [3.05, 3.63) is 29.6 Å². The molecule has 92 valence electrons. The first-order valence-electron chi connectivity index (χ1n) is 5.07. The predicted octanol–water partition coefficient (Wildman–Crippen LogP) is 0.133. The van der Waals surface area contributed by atoms with Gasteiger partial charge in [0.15, 0.2) is 0 Å². The molecular formula is C11H15N3O3. The molecule has 0 bridgehead atoms. The normalized spacial score (nSPS) is 11.0. The quantitative estimate of drug-likeness (QED) is 0.690. The third-order valence-corrected chi connectivity index (χ3v) is 2.25. The van der Waals surface area contributed by atoms with Gasteiger partial charge in [0.1, 0.15) is 5.54 Å². The summed E-state index contributed by atoms with van der Waals surface area (Å²) in [6.07, 6.45) is 1.46. The zero-order valence-corrected chi connectivity index (χ0v) is 9.73. The summed E-state index contributed by atoms with van der Waals surface area (Å²) in [5.74, 6) is -1.56. The van der Waals surface area contributed by atoms with Crippen LogP contribution in [-0.2, 0) is 11.3 Å². The van der Waals surface area contributed by atoms with Crippen LogP contribution in [0.5, 0.6) is 0 Å². The number of amides is 1. The van der Waals surface area contributed by atoms with Crippen molar-refractivity contribution < 1.29 is 14.7 Å². The molecule has 0 spiro atoms. The second-order valence-corrected chi connectivity index (χ2v) is 4.12. The summed E-state index contributed by atoms with van der Waals surface area (Å²) in [6.45, 7) is 3.06. The van der Waals surface area contributed by atoms with Gasteiger partial charge in [0, 0.05) is 18.3 Å². The number of aromatic nitrogens is 1. The molecule has 0 atom stereocenters. The average Bonchev–Trinajstić information content (AvgIpc) is 2.28. The van der Waals surface area contributed by atoms with Crippen LogP contribution in [0.3, 0.4) is 0 Å². The Morgan fingerprint density at radius 2 is 2.18 bits per heavy atom. The lowest BCUT2D eigenvalue weighted by Gasteiger charge is -2.20. The van der Waals surface area contributed by atoms with Gasteiger partial charge in [-0.05, 0) is 26.0 Å². The van der Waals surface area contributed by atoms with Crippen molar-refractivity contribution in [2.75, 3.05) is 0 Å². The molecule has 0 aromatic carbocycles. The molecule has 17 heavy (non-hydrogen) atoms. The van der Waals surface area contributed by atoms with Crippen molar-refractivity contribution in [1.82, 2.24) is 10.3 Å². The highest BCUT2D eigenvalue weighted by Gasteiger charge is 2.29. The molecule has 0 aliphatic carbocycles. The number of nitrogens with one attached hydrogen (secondary N) is 1. The van der Waals surface area contributed by atoms with Crippen molar-refractivity contribution in [3.8, 4) is 0 Å². The molecule has 6 heteroatoms. The largest absolute Gasteiger partial charge is 0.480 e. The van der Waals surface area contributed by atoms with E-state index in [0.717, 1.165) is 0 Å². The van der Waals surface area contributed by atoms with Gasteiger partial charge in [-0.3, -0.25) is 9.78 Å². The lowest BCUT2D eigenvalue weighted by Crippen LogP contribution is -2.49. The summed E-state index contributed by atoms with van der Waals surface area (Å²) in [7, 11) is 0. The van der Waals surface area contributed by atoms with E-state index in [9.17, 15) is 9.59 Å². The molecule has 0 saturated heterocycles. The van der Waals surface area contributed by atoms with Gasteiger partial charge < -0.3 is 16.2 Å². The van der Waals surface area contributed by atoms with Gasteiger partial charge in [0.05, 0.1) is 5.69 Å². The van der Waals surface area contributed by atoms with Crippen molar-refractivity contribution in [3.63, 3.8) is 0 Å². The molecular weight excluding hydrogens is 222 g/mol. The number of hydrogen-bond acceptors (Lipinski definition) is 4. The van der Waals surface area contributed by atoms with Gasteiger partial charge in [-0.2, -0.15) is 0 Å². The Bertz CT molecular complexity index is 443. The highest BCUT2D eigenvalue weighted by molar-refractivity contribution is 5.97. The van der Waals surface area contributed by atoms with Gasteiger partial charge in [0.25, 0.3) is 5.91 Å². The Balaban J connectivity index is 2.86. The van der Waals surface area contributed by atoms with E-state index in [4.69, 9.17) is 10.8 Å². The number of nitrogens with zero attached hydrogens (tertiary/aromatic N) is 1. The van der Waals surface area contributed by atoms with Gasteiger partial charge >= 0.3 is 5.97 Å². The maximum atomic E-state index is 11.8. The number of carbonyl (C=O) groups is 2. The smallest absolute Gasteiger partial charge is 0.328 e. The molecule has 1 rings (SSSR count). The Hall–Kier alpha value is -1.95. The molecule has 0 fully saturated rings. The minimum absolute atomic E-state index is 0.226. The van der Waals surface area contributed by atoms with Crippen LogP contribution in [0.2, 0.25) is 0 Å². The number of rotatable bonds is 4. The minimum Gasteiger partial charge on any atom is -0.480 e. The van der Waals surface area contributed by atoms with Gasteiger partial charge in [0.2, 0.25) is 0 Å². The molecule has 0 aliphatic heterocycles. The van der Waals surface area contributed by atoms with E-state index in [1.165, 1.54) is 32.2 Å². The second-order valence-electron chi connectivity index (χ2n) is 4.12. The number of carboxylic acids is 1. The molecule has 6 nitrogen and oxygen atoms in total. The molecule has 0 radical (unpaired) electrons. The maximum Gasteiger partial charge on any atom is 0.328 e. The van der Waals surface area contributed by atoms with E-state index in [1.54, 1.807) is 0 Å². The molecule has 0 saturated carbocycles. The van der Waals surface area contributed by atoms with Gasteiger partial charge in [-0.25, -0.2) is 4.79 Å². The van der Waals surface area contributed by atoms with E-state index in [0.29, 0.717) is 11.3 Å². The van der Waals surface area contributed by atoms with E-state index in [2.05, 4.69) is 10.3 Å². The molecule has 1 aromatic rings. The number of aliphatic carboxylic acids is 1. The fraction of sp³-hybridized carbons (Fsp3) is 0.364. The summed E-state index contributed by atoms with van der Waals surface area (Å²) >= 11 is 0. The van der Waals surface area contributed by atoms with Crippen molar-refractivity contribution in [1.29, 1.82) is 0 Å². The number of carboxylic acid groups (broad SMARTS) is 1. The first-order chi connectivity index (χ1) is 7.86. The third kappa shape index (κ3) is 3.25. The monoisotopic (exact) mass is 237 g/mol. The standard InChI is InChI=1S/C11H15N3O3/c1-11(2,10(16)17)14-9(15)7-3-4-13-8(5-7)6-12/h3-5H,6,12H2,1-2H3,(H,14,15)(H,16,17). The van der Waals surface area contributed by atoms with Crippen LogP contribution in [-0.4, -0.2) is 27.5 Å². The highest BCUT2D eigenvalue weighted by Crippen LogP contribution is 2.06. The number of pyridine rings is 1. The lowest BCUT2D eigenvalue weighted by atomic mass is 10.1. The fourth-order valence-corrected chi connectivity index (χ4v) is 1.14. The zero-order chi connectivity index (χ0) is 13.1. The van der Waals surface area contributed by atoms with Crippen molar-refractivity contribution in [2.24, 2.45) is 5.73 Å². The Morgan fingerprint density at radius 3 is 2.71 bits per heavy atom. The molecule has 0 unspecified atom stereocenters. The van der Waals surface area contributed by atoms with Crippen molar-refractivity contribution >= 4 is 11.9 Å². The van der Waals surface area contributed by atoms with Crippen LogP contribution in [0.25, 0.3) is 0 Å². The zero-order valence-electron chi connectivity index (χ0n) is 9.73. The van der Waals surface area contributed by atoms with Crippen LogP contribution >= 0.6 is 0 Å². The topological polar surface area (TPSA) is 105 Å². The predicted molar refractivity (Wildman–Crippen MR) is 61.3 cm³/mol. The highest BCUT2D eigenvalue weighted by atomic mass is 16.4. The van der Waals surface area contributed by atoms with Crippen molar-refractivity contribution in [2.45, 2.75) is 25.9 Å². The Labute approximate surface area is 98.8 Å². The Kier molecular flexibility index (Phi) is 3.80.